The number of hydrogen-bond acceptors (Lipinski definition) is 8. The standard InChI is InChI=1S/C21H24ClN5O3/c1-28-18-12-15-17(13-19(18)30-9-3-6-27-7-10-29-11-8-27)24-14-25-20(15)26-21-16(22)4-2-5-23-21/h2,4-5,12-14H,3,6-11H2,1H3,(H,23,24,25,26). The van der Waals surface area contributed by atoms with Gasteiger partial charge in [-0.05, 0) is 24.6 Å². The smallest absolute Gasteiger partial charge is 0.163 e. The van der Waals surface area contributed by atoms with Crippen LogP contribution in [0.5, 0.6) is 11.5 Å². The van der Waals surface area contributed by atoms with Crippen LogP contribution < -0.4 is 14.8 Å². The molecule has 0 saturated carbocycles. The van der Waals surface area contributed by atoms with Crippen molar-refractivity contribution in [2.24, 2.45) is 0 Å². The van der Waals surface area contributed by atoms with E-state index in [1.54, 1.807) is 25.4 Å². The van der Waals surface area contributed by atoms with Crippen LogP contribution in [0.15, 0.2) is 36.8 Å². The van der Waals surface area contributed by atoms with Crippen molar-refractivity contribution in [3.63, 3.8) is 0 Å². The predicted octanol–water partition coefficient (Wildman–Crippen LogP) is 3.53. The minimum atomic E-state index is 0.511. The highest BCUT2D eigenvalue weighted by atomic mass is 35.5. The fourth-order valence-electron chi connectivity index (χ4n) is 3.32. The largest absolute Gasteiger partial charge is 0.493 e. The Morgan fingerprint density at radius 2 is 2.00 bits per heavy atom. The zero-order chi connectivity index (χ0) is 20.8. The van der Waals surface area contributed by atoms with Crippen LogP contribution in [0, 0.1) is 0 Å². The van der Waals surface area contributed by atoms with Gasteiger partial charge in [0.2, 0.25) is 0 Å². The zero-order valence-electron chi connectivity index (χ0n) is 16.8. The molecule has 30 heavy (non-hydrogen) atoms. The first-order valence-electron chi connectivity index (χ1n) is 9.88. The third kappa shape index (κ3) is 4.89. The number of anilines is 2. The van der Waals surface area contributed by atoms with Crippen LogP contribution in [0.1, 0.15) is 6.42 Å². The molecule has 1 N–H and O–H groups in total. The molecular weight excluding hydrogens is 406 g/mol. The summed E-state index contributed by atoms with van der Waals surface area (Å²) in [6.07, 6.45) is 4.09. The highest BCUT2D eigenvalue weighted by Crippen LogP contribution is 2.35. The van der Waals surface area contributed by atoms with E-state index in [4.69, 9.17) is 25.8 Å². The number of benzene rings is 1. The summed E-state index contributed by atoms with van der Waals surface area (Å²) >= 11 is 6.21. The molecule has 2 aromatic heterocycles. The number of hydrogen-bond donors (Lipinski definition) is 1. The van der Waals surface area contributed by atoms with E-state index >= 15 is 0 Å². The van der Waals surface area contributed by atoms with Gasteiger partial charge in [-0.2, -0.15) is 0 Å². The lowest BCUT2D eigenvalue weighted by molar-refractivity contribution is 0.0357. The molecule has 8 nitrogen and oxygen atoms in total. The molecule has 0 aliphatic carbocycles. The number of nitrogens with zero attached hydrogens (tertiary/aromatic N) is 4. The maximum atomic E-state index is 6.21. The molecule has 3 heterocycles. The second kappa shape index (κ2) is 9.88. The van der Waals surface area contributed by atoms with Crippen molar-refractivity contribution in [1.29, 1.82) is 0 Å². The zero-order valence-corrected chi connectivity index (χ0v) is 17.6. The molecule has 0 bridgehead atoms. The summed E-state index contributed by atoms with van der Waals surface area (Å²) < 4.78 is 16.9. The van der Waals surface area contributed by atoms with Gasteiger partial charge >= 0.3 is 0 Å². The number of rotatable bonds is 8. The van der Waals surface area contributed by atoms with Gasteiger partial charge in [-0.25, -0.2) is 15.0 Å². The lowest BCUT2D eigenvalue weighted by atomic mass is 10.2. The Morgan fingerprint density at radius 1 is 1.13 bits per heavy atom. The van der Waals surface area contributed by atoms with Crippen molar-refractivity contribution < 1.29 is 14.2 Å². The number of ether oxygens (including phenoxy) is 3. The van der Waals surface area contributed by atoms with Crippen LogP contribution in [0.4, 0.5) is 11.6 Å². The Hall–Kier alpha value is -2.68. The molecule has 0 spiro atoms. The number of morpholine rings is 1. The van der Waals surface area contributed by atoms with E-state index in [1.165, 1.54) is 6.33 Å². The van der Waals surface area contributed by atoms with Gasteiger partial charge in [0.1, 0.15) is 18.0 Å². The minimum absolute atomic E-state index is 0.511. The number of aromatic nitrogens is 3. The third-order valence-corrected chi connectivity index (χ3v) is 5.20. The van der Waals surface area contributed by atoms with E-state index in [0.29, 0.717) is 34.8 Å². The second-order valence-electron chi connectivity index (χ2n) is 6.86. The van der Waals surface area contributed by atoms with Gasteiger partial charge in [0, 0.05) is 37.3 Å². The van der Waals surface area contributed by atoms with Crippen molar-refractivity contribution in [3.8, 4) is 11.5 Å². The quantitative estimate of drug-likeness (QED) is 0.544. The molecule has 0 atom stereocenters. The van der Waals surface area contributed by atoms with Crippen molar-refractivity contribution in [3.05, 3.63) is 41.8 Å². The highest BCUT2D eigenvalue weighted by molar-refractivity contribution is 6.33. The van der Waals surface area contributed by atoms with Crippen LogP contribution in [0.2, 0.25) is 5.02 Å². The van der Waals surface area contributed by atoms with Crippen LogP contribution in [-0.2, 0) is 4.74 Å². The summed E-state index contributed by atoms with van der Waals surface area (Å²) in [5, 5.41) is 4.47. The first-order chi connectivity index (χ1) is 14.7. The third-order valence-electron chi connectivity index (χ3n) is 4.90. The topological polar surface area (TPSA) is 81.6 Å². The number of pyridine rings is 1. The van der Waals surface area contributed by atoms with Crippen LogP contribution in [-0.4, -0.2) is 66.4 Å². The van der Waals surface area contributed by atoms with E-state index in [9.17, 15) is 0 Å². The van der Waals surface area contributed by atoms with Gasteiger partial charge in [0.25, 0.3) is 0 Å². The summed E-state index contributed by atoms with van der Waals surface area (Å²) in [5.74, 6) is 2.41. The van der Waals surface area contributed by atoms with Crippen molar-refractivity contribution in [2.75, 3.05) is 51.9 Å². The van der Waals surface area contributed by atoms with Gasteiger partial charge in [-0.3, -0.25) is 4.90 Å². The summed E-state index contributed by atoms with van der Waals surface area (Å²) in [4.78, 5) is 15.4. The Labute approximate surface area is 180 Å². The molecule has 0 amide bonds. The van der Waals surface area contributed by atoms with Gasteiger partial charge in [-0.15, -0.1) is 0 Å². The van der Waals surface area contributed by atoms with Crippen molar-refractivity contribution >= 4 is 34.1 Å². The van der Waals surface area contributed by atoms with Gasteiger partial charge in [-0.1, -0.05) is 11.6 Å². The van der Waals surface area contributed by atoms with E-state index in [1.807, 2.05) is 12.1 Å². The Bertz CT molecular complexity index is 998. The first-order valence-corrected chi connectivity index (χ1v) is 10.3. The number of nitrogens with one attached hydrogen (secondary N) is 1. The predicted molar refractivity (Wildman–Crippen MR) is 116 cm³/mol. The summed E-state index contributed by atoms with van der Waals surface area (Å²) in [5.41, 5.74) is 0.739. The average Bonchev–Trinajstić information content (AvgIpc) is 2.78. The van der Waals surface area contributed by atoms with Gasteiger partial charge < -0.3 is 19.5 Å². The molecule has 0 radical (unpaired) electrons. The van der Waals surface area contributed by atoms with Crippen LogP contribution in [0.25, 0.3) is 10.9 Å². The van der Waals surface area contributed by atoms with Gasteiger partial charge in [0.05, 0.1) is 37.5 Å². The number of methoxy groups -OCH3 is 1. The fraction of sp³-hybridized carbons (Fsp3) is 0.381. The molecule has 1 aliphatic rings. The average molecular weight is 430 g/mol. The van der Waals surface area contributed by atoms with E-state index in [-0.39, 0.29) is 0 Å². The van der Waals surface area contributed by atoms with Crippen molar-refractivity contribution in [1.82, 2.24) is 19.9 Å². The molecule has 158 valence electrons. The molecule has 0 unspecified atom stereocenters. The summed E-state index contributed by atoms with van der Waals surface area (Å²) in [7, 11) is 1.62. The molecule has 1 fully saturated rings. The monoisotopic (exact) mass is 429 g/mol. The minimum Gasteiger partial charge on any atom is -0.493 e. The Balaban J connectivity index is 1.48. The SMILES string of the molecule is COc1cc2c(Nc3ncccc3Cl)ncnc2cc1OCCCN1CCOCC1. The maximum Gasteiger partial charge on any atom is 0.163 e. The van der Waals surface area contributed by atoms with Crippen LogP contribution in [0.3, 0.4) is 0 Å². The maximum absolute atomic E-state index is 6.21. The first kappa shape index (κ1) is 20.6. The Kier molecular flexibility index (Phi) is 6.78. The molecular formula is C21H24ClN5O3. The normalized spacial score (nSPS) is 14.6. The van der Waals surface area contributed by atoms with E-state index in [2.05, 4.69) is 25.2 Å². The fourth-order valence-corrected chi connectivity index (χ4v) is 3.49. The highest BCUT2D eigenvalue weighted by Gasteiger charge is 2.14. The van der Waals surface area contributed by atoms with Gasteiger partial charge in [0.15, 0.2) is 11.5 Å². The molecule has 1 saturated heterocycles. The summed E-state index contributed by atoms with van der Waals surface area (Å²) in [6, 6.07) is 7.28. The van der Waals surface area contributed by atoms with E-state index < -0.39 is 0 Å². The van der Waals surface area contributed by atoms with Crippen molar-refractivity contribution in [2.45, 2.75) is 6.42 Å². The number of fused-ring (bicyclic) bond motifs is 1. The molecule has 3 aromatic rings. The molecule has 4 rings (SSSR count). The summed E-state index contributed by atoms with van der Waals surface area (Å²) in [6.45, 7) is 5.15. The molecule has 1 aromatic carbocycles. The second-order valence-corrected chi connectivity index (χ2v) is 7.26. The lowest BCUT2D eigenvalue weighted by Crippen LogP contribution is -2.37. The number of halogens is 1. The Morgan fingerprint density at radius 3 is 2.80 bits per heavy atom. The molecule has 9 heteroatoms. The van der Waals surface area contributed by atoms with Crippen LogP contribution >= 0.6 is 11.6 Å². The van der Waals surface area contributed by atoms with E-state index in [0.717, 1.165) is 50.2 Å². The lowest BCUT2D eigenvalue weighted by Gasteiger charge is -2.26. The molecule has 1 aliphatic heterocycles.